The number of hydrogen-bond acceptors (Lipinski definition) is 2. The average Bonchev–Trinajstić information content (AvgIpc) is 3.48. The molecule has 2 aromatic carbocycles. The van der Waals surface area contributed by atoms with Crippen LogP contribution < -0.4 is 5.32 Å². The zero-order chi connectivity index (χ0) is 25.2. The Morgan fingerprint density at radius 3 is 2.43 bits per heavy atom. The molecule has 4 atom stereocenters. The standard InChI is InChI=1S/C30H38N2O.C2H6/c1-21-20-32(18-17-30(21)16-15-23-7-5-6-8-27(23)30)26-14-13-25(19-26)22-9-11-24(12-10-22)28(33)31-29(2,3)4;1-2/h5-12,15-16,21,25-26H,13-14,17-20H2,1-4H3,(H,31,33);1-2H3. The molecular formula is C32H44N2O. The molecule has 1 heterocycles. The van der Waals surface area contributed by atoms with Gasteiger partial charge in [0, 0.05) is 29.1 Å². The number of benzene rings is 2. The van der Waals surface area contributed by atoms with E-state index in [0.717, 1.165) is 5.56 Å². The van der Waals surface area contributed by atoms with E-state index in [1.165, 1.54) is 55.5 Å². The molecule has 0 bridgehead atoms. The van der Waals surface area contributed by atoms with Crippen LogP contribution in [0.2, 0.25) is 0 Å². The van der Waals surface area contributed by atoms with Gasteiger partial charge in [0.15, 0.2) is 0 Å². The number of allylic oxidation sites excluding steroid dienone is 1. The molecule has 2 aliphatic carbocycles. The maximum atomic E-state index is 12.4. The molecule has 1 saturated carbocycles. The quantitative estimate of drug-likeness (QED) is 0.513. The van der Waals surface area contributed by atoms with Gasteiger partial charge in [0.05, 0.1) is 0 Å². The molecule has 3 heteroatoms. The minimum Gasteiger partial charge on any atom is -0.347 e. The fraction of sp³-hybridized carbons (Fsp3) is 0.531. The van der Waals surface area contributed by atoms with Crippen molar-refractivity contribution >= 4 is 12.0 Å². The van der Waals surface area contributed by atoms with Crippen LogP contribution in [0.3, 0.4) is 0 Å². The van der Waals surface area contributed by atoms with Crippen molar-refractivity contribution in [1.29, 1.82) is 0 Å². The molecule has 1 aliphatic heterocycles. The summed E-state index contributed by atoms with van der Waals surface area (Å²) in [5, 5.41) is 3.06. The van der Waals surface area contributed by atoms with E-state index in [0.29, 0.717) is 17.9 Å². The SMILES string of the molecule is CC.CC1CN(C2CCC(c3ccc(C(=O)NC(C)(C)C)cc3)C2)CCC12C=Cc1ccccc12. The largest absolute Gasteiger partial charge is 0.347 e. The van der Waals surface area contributed by atoms with Crippen LogP contribution in [-0.2, 0) is 5.41 Å². The molecule has 35 heavy (non-hydrogen) atoms. The monoisotopic (exact) mass is 472 g/mol. The Hall–Kier alpha value is -2.39. The van der Waals surface area contributed by atoms with Gasteiger partial charge in [0.25, 0.3) is 5.91 Å². The molecule has 3 nitrogen and oxygen atoms in total. The maximum Gasteiger partial charge on any atom is 0.251 e. The molecule has 0 aromatic heterocycles. The van der Waals surface area contributed by atoms with Gasteiger partial charge in [-0.2, -0.15) is 0 Å². The van der Waals surface area contributed by atoms with Crippen molar-refractivity contribution in [2.24, 2.45) is 5.92 Å². The van der Waals surface area contributed by atoms with Crippen LogP contribution in [-0.4, -0.2) is 35.5 Å². The first-order valence-corrected chi connectivity index (χ1v) is 13.7. The number of hydrogen-bond donors (Lipinski definition) is 1. The lowest BCUT2D eigenvalue weighted by molar-refractivity contribution is 0.0898. The summed E-state index contributed by atoms with van der Waals surface area (Å²) in [7, 11) is 0. The number of fused-ring (bicyclic) bond motifs is 2. The summed E-state index contributed by atoms with van der Waals surface area (Å²) in [6.07, 6.45) is 9.83. The Morgan fingerprint density at radius 1 is 1.03 bits per heavy atom. The molecule has 1 saturated heterocycles. The molecular weight excluding hydrogens is 428 g/mol. The van der Waals surface area contributed by atoms with Gasteiger partial charge in [-0.05, 0) is 93.7 Å². The molecule has 3 aliphatic rings. The van der Waals surface area contributed by atoms with Gasteiger partial charge in [-0.1, -0.05) is 69.3 Å². The van der Waals surface area contributed by atoms with Crippen molar-refractivity contribution in [3.63, 3.8) is 0 Å². The van der Waals surface area contributed by atoms with Gasteiger partial charge in [0.2, 0.25) is 0 Å². The van der Waals surface area contributed by atoms with Gasteiger partial charge >= 0.3 is 0 Å². The second-order valence-corrected chi connectivity index (χ2v) is 11.6. The Kier molecular flexibility index (Phi) is 7.57. The highest BCUT2D eigenvalue weighted by Crippen LogP contribution is 2.48. The van der Waals surface area contributed by atoms with Crippen molar-refractivity contribution in [1.82, 2.24) is 10.2 Å². The van der Waals surface area contributed by atoms with E-state index in [9.17, 15) is 4.79 Å². The highest BCUT2D eigenvalue weighted by molar-refractivity contribution is 5.94. The van der Waals surface area contributed by atoms with Crippen molar-refractivity contribution in [2.45, 2.75) is 90.1 Å². The van der Waals surface area contributed by atoms with Crippen molar-refractivity contribution < 1.29 is 4.79 Å². The summed E-state index contributed by atoms with van der Waals surface area (Å²) in [6, 6.07) is 18.0. The smallest absolute Gasteiger partial charge is 0.251 e. The maximum absolute atomic E-state index is 12.4. The lowest BCUT2D eigenvalue weighted by atomic mass is 9.68. The minimum atomic E-state index is -0.213. The second-order valence-electron chi connectivity index (χ2n) is 11.6. The topological polar surface area (TPSA) is 32.3 Å². The number of carbonyl (C=O) groups is 1. The van der Waals surface area contributed by atoms with Gasteiger partial charge in [-0.15, -0.1) is 0 Å². The van der Waals surface area contributed by atoms with E-state index in [-0.39, 0.29) is 16.9 Å². The number of nitrogens with one attached hydrogen (secondary N) is 1. The molecule has 188 valence electrons. The Morgan fingerprint density at radius 2 is 1.74 bits per heavy atom. The molecule has 5 rings (SSSR count). The number of piperidine rings is 1. The minimum absolute atomic E-state index is 0.0112. The number of nitrogens with zero attached hydrogens (tertiary/aromatic N) is 1. The van der Waals surface area contributed by atoms with E-state index in [1.807, 2.05) is 46.8 Å². The van der Waals surface area contributed by atoms with E-state index < -0.39 is 0 Å². The fourth-order valence-electron chi connectivity index (χ4n) is 6.47. The average molecular weight is 473 g/mol. The van der Waals surface area contributed by atoms with Crippen LogP contribution >= 0.6 is 0 Å². The van der Waals surface area contributed by atoms with Crippen molar-refractivity contribution in [2.75, 3.05) is 13.1 Å². The number of amides is 1. The third kappa shape index (κ3) is 5.26. The van der Waals surface area contributed by atoms with E-state index in [1.54, 1.807) is 0 Å². The third-order valence-electron chi connectivity index (χ3n) is 8.28. The first kappa shape index (κ1) is 25.7. The van der Waals surface area contributed by atoms with Crippen LogP contribution in [0.5, 0.6) is 0 Å². The van der Waals surface area contributed by atoms with Gasteiger partial charge in [-0.25, -0.2) is 0 Å². The Bertz CT molecular complexity index is 1050. The van der Waals surface area contributed by atoms with E-state index in [2.05, 4.69) is 65.7 Å². The highest BCUT2D eigenvalue weighted by Gasteiger charge is 2.45. The van der Waals surface area contributed by atoms with Crippen LogP contribution in [0.25, 0.3) is 6.08 Å². The van der Waals surface area contributed by atoms with E-state index >= 15 is 0 Å². The number of carbonyl (C=O) groups excluding carboxylic acids is 1. The Labute approximate surface area is 213 Å². The molecule has 4 unspecified atom stereocenters. The first-order valence-electron chi connectivity index (χ1n) is 13.7. The highest BCUT2D eigenvalue weighted by atomic mass is 16.1. The van der Waals surface area contributed by atoms with Gasteiger partial charge < -0.3 is 10.2 Å². The first-order chi connectivity index (χ1) is 16.7. The van der Waals surface area contributed by atoms with Crippen LogP contribution in [0.15, 0.2) is 54.6 Å². The normalized spacial score (nSPS) is 27.9. The number of rotatable bonds is 3. The summed E-state index contributed by atoms with van der Waals surface area (Å²) in [5.74, 6) is 1.25. The van der Waals surface area contributed by atoms with Crippen LogP contribution in [0.4, 0.5) is 0 Å². The van der Waals surface area contributed by atoms with Crippen molar-refractivity contribution in [3.05, 3.63) is 76.9 Å². The lowest BCUT2D eigenvalue weighted by Gasteiger charge is -2.46. The second kappa shape index (κ2) is 10.3. The van der Waals surface area contributed by atoms with Crippen molar-refractivity contribution in [3.8, 4) is 0 Å². The lowest BCUT2D eigenvalue weighted by Crippen LogP contribution is -2.50. The van der Waals surface area contributed by atoms with Gasteiger partial charge in [-0.3, -0.25) is 4.79 Å². The number of likely N-dealkylation sites (tertiary alicyclic amines) is 1. The molecule has 1 amide bonds. The third-order valence-corrected chi connectivity index (χ3v) is 8.28. The summed E-state index contributed by atoms with van der Waals surface area (Å²) in [5.41, 5.74) is 5.11. The summed E-state index contributed by atoms with van der Waals surface area (Å²) in [4.78, 5) is 15.2. The summed E-state index contributed by atoms with van der Waals surface area (Å²) in [6.45, 7) is 14.9. The van der Waals surface area contributed by atoms with Gasteiger partial charge in [0.1, 0.15) is 0 Å². The predicted octanol–water partition coefficient (Wildman–Crippen LogP) is 7.18. The zero-order valence-electron chi connectivity index (χ0n) is 22.6. The Balaban J connectivity index is 0.00000141. The fourth-order valence-corrected chi connectivity index (χ4v) is 6.47. The molecule has 1 N–H and O–H groups in total. The molecule has 2 aromatic rings. The predicted molar refractivity (Wildman–Crippen MR) is 148 cm³/mol. The molecule has 2 fully saturated rings. The van der Waals surface area contributed by atoms with E-state index in [4.69, 9.17) is 0 Å². The zero-order valence-corrected chi connectivity index (χ0v) is 22.6. The van der Waals surface area contributed by atoms with Crippen LogP contribution in [0, 0.1) is 5.92 Å². The van der Waals surface area contributed by atoms with Crippen LogP contribution in [0.1, 0.15) is 100 Å². The molecule has 1 spiro atoms. The summed E-state index contributed by atoms with van der Waals surface area (Å²) < 4.78 is 0. The molecule has 0 radical (unpaired) electrons. The summed E-state index contributed by atoms with van der Waals surface area (Å²) >= 11 is 0.